The first-order valence-corrected chi connectivity index (χ1v) is 10.2. The largest absolute Gasteiger partial charge is 0.492 e. The molecule has 0 aliphatic carbocycles. The Morgan fingerprint density at radius 2 is 1.55 bits per heavy atom. The second-order valence-electron chi connectivity index (χ2n) is 7.00. The minimum Gasteiger partial charge on any atom is -0.492 e. The van der Waals surface area contributed by atoms with Gasteiger partial charge in [0.2, 0.25) is 0 Å². The van der Waals surface area contributed by atoms with Crippen molar-refractivity contribution < 1.29 is 19.0 Å². The molecule has 0 saturated heterocycles. The van der Waals surface area contributed by atoms with Crippen LogP contribution in [0.2, 0.25) is 0 Å². The average molecular weight is 428 g/mol. The van der Waals surface area contributed by atoms with Crippen molar-refractivity contribution in [1.82, 2.24) is 0 Å². The summed E-state index contributed by atoms with van der Waals surface area (Å²) < 4.78 is 15.5. The molecule has 0 spiro atoms. The molecule has 0 heterocycles. The normalized spacial score (nSPS) is 11.1. The number of ether oxygens (including phenoxy) is 3. The van der Waals surface area contributed by atoms with Crippen molar-refractivity contribution >= 4 is 17.8 Å². The van der Waals surface area contributed by atoms with Gasteiger partial charge in [-0.15, -0.1) is 0 Å². The van der Waals surface area contributed by atoms with Crippen molar-refractivity contribution in [3.63, 3.8) is 0 Å². The molecular weight excluding hydrogens is 394 g/mol. The fraction of sp³-hybridized carbons (Fsp3) is 0.375. The molecule has 0 amide bonds. The van der Waals surface area contributed by atoms with Crippen LogP contribution in [-0.4, -0.2) is 38.2 Å². The Morgan fingerprint density at radius 1 is 1.03 bits per heavy atom. The standard InChI is InChI=1S/C22H27N3O4.C2H6/c1-5-28-21(24)25-19(23)17-8-6-15(7-9-17)16-10-12-18(13-11-16)29-14-22(2,3)20(26)27-4;1-2/h6-13H,5,14H2,1-4H3,(H3,23,24,25);1-2H3. The highest BCUT2D eigenvalue weighted by molar-refractivity contribution is 6.03. The van der Waals surface area contributed by atoms with Crippen LogP contribution in [0.4, 0.5) is 0 Å². The van der Waals surface area contributed by atoms with E-state index >= 15 is 0 Å². The van der Waals surface area contributed by atoms with Crippen LogP contribution in [0.25, 0.3) is 11.1 Å². The molecule has 0 saturated carbocycles. The maximum atomic E-state index is 11.7. The monoisotopic (exact) mass is 427 g/mol. The van der Waals surface area contributed by atoms with Crippen molar-refractivity contribution in [3.05, 3.63) is 54.1 Å². The van der Waals surface area contributed by atoms with Crippen molar-refractivity contribution in [2.75, 3.05) is 20.3 Å². The van der Waals surface area contributed by atoms with Crippen LogP contribution >= 0.6 is 0 Å². The number of hydrogen-bond donors (Lipinski definition) is 2. The third kappa shape index (κ3) is 7.77. The zero-order valence-corrected chi connectivity index (χ0v) is 19.2. The summed E-state index contributed by atoms with van der Waals surface area (Å²) in [6.07, 6.45) is 0. The van der Waals surface area contributed by atoms with Crippen LogP contribution in [0.1, 0.15) is 40.2 Å². The van der Waals surface area contributed by atoms with Gasteiger partial charge in [0, 0.05) is 5.56 Å². The highest BCUT2D eigenvalue weighted by atomic mass is 16.5. The second kappa shape index (κ2) is 12.4. The van der Waals surface area contributed by atoms with Crippen LogP contribution in [0.3, 0.4) is 0 Å². The quantitative estimate of drug-likeness (QED) is 0.380. The minimum atomic E-state index is -0.719. The van der Waals surface area contributed by atoms with Gasteiger partial charge in [-0.25, -0.2) is 5.41 Å². The van der Waals surface area contributed by atoms with E-state index in [1.807, 2.05) is 62.4 Å². The van der Waals surface area contributed by atoms with Crippen LogP contribution in [-0.2, 0) is 14.3 Å². The lowest BCUT2D eigenvalue weighted by Crippen LogP contribution is -2.32. The summed E-state index contributed by atoms with van der Waals surface area (Å²) in [5.41, 5.74) is 7.92. The van der Waals surface area contributed by atoms with Gasteiger partial charge >= 0.3 is 12.0 Å². The number of methoxy groups -OCH3 is 1. The van der Waals surface area contributed by atoms with E-state index in [1.54, 1.807) is 20.8 Å². The van der Waals surface area contributed by atoms with Gasteiger partial charge < -0.3 is 19.9 Å². The summed E-state index contributed by atoms with van der Waals surface area (Å²) in [6, 6.07) is 14.9. The lowest BCUT2D eigenvalue weighted by Gasteiger charge is -2.21. The van der Waals surface area contributed by atoms with E-state index in [-0.39, 0.29) is 24.4 Å². The Labute approximate surface area is 184 Å². The molecule has 0 aromatic heterocycles. The summed E-state index contributed by atoms with van der Waals surface area (Å²) in [5.74, 6) is 0.591. The third-order valence-corrected chi connectivity index (χ3v) is 4.21. The lowest BCUT2D eigenvalue weighted by atomic mass is 9.95. The number of esters is 1. The molecule has 0 aliphatic rings. The first kappa shape index (κ1) is 25.7. The fourth-order valence-corrected chi connectivity index (χ4v) is 2.52. The average Bonchev–Trinajstić information content (AvgIpc) is 2.79. The molecule has 3 N–H and O–H groups in total. The molecule has 31 heavy (non-hydrogen) atoms. The molecule has 0 unspecified atom stereocenters. The number of amidine groups is 2. The Morgan fingerprint density at radius 3 is 2.03 bits per heavy atom. The molecular formula is C24H33N3O4. The van der Waals surface area contributed by atoms with E-state index in [0.29, 0.717) is 17.9 Å². The number of hydrogen-bond acceptors (Lipinski definition) is 5. The van der Waals surface area contributed by atoms with E-state index in [1.165, 1.54) is 7.11 Å². The molecule has 0 bridgehead atoms. The molecule has 168 valence electrons. The van der Waals surface area contributed by atoms with E-state index < -0.39 is 5.41 Å². The zero-order valence-electron chi connectivity index (χ0n) is 19.2. The van der Waals surface area contributed by atoms with E-state index in [4.69, 9.17) is 25.4 Å². The molecule has 0 radical (unpaired) electrons. The maximum Gasteiger partial charge on any atom is 0.314 e. The summed E-state index contributed by atoms with van der Waals surface area (Å²) in [7, 11) is 1.37. The highest BCUT2D eigenvalue weighted by Crippen LogP contribution is 2.25. The number of benzene rings is 2. The van der Waals surface area contributed by atoms with Crippen LogP contribution in [0.15, 0.2) is 53.5 Å². The Kier molecular flexibility index (Phi) is 10.2. The van der Waals surface area contributed by atoms with E-state index in [2.05, 4.69) is 4.99 Å². The van der Waals surface area contributed by atoms with E-state index in [9.17, 15) is 4.79 Å². The highest BCUT2D eigenvalue weighted by Gasteiger charge is 2.29. The van der Waals surface area contributed by atoms with E-state index in [0.717, 1.165) is 11.1 Å². The number of nitrogens with two attached hydrogens (primary N) is 1. The molecule has 2 rings (SSSR count). The molecule has 2 aromatic rings. The van der Waals surface area contributed by atoms with Gasteiger partial charge in [-0.05, 0) is 44.0 Å². The van der Waals surface area contributed by atoms with Gasteiger partial charge in [0.05, 0.1) is 19.1 Å². The van der Waals surface area contributed by atoms with Crippen LogP contribution in [0.5, 0.6) is 5.75 Å². The minimum absolute atomic E-state index is 0.208. The van der Waals surface area contributed by atoms with Crippen molar-refractivity contribution in [2.24, 2.45) is 16.1 Å². The van der Waals surface area contributed by atoms with Crippen molar-refractivity contribution in [1.29, 1.82) is 5.41 Å². The number of rotatable bonds is 7. The predicted molar refractivity (Wildman–Crippen MR) is 125 cm³/mol. The van der Waals surface area contributed by atoms with Gasteiger partial charge in [0.25, 0.3) is 0 Å². The summed E-state index contributed by atoms with van der Waals surface area (Å²) in [5, 5.41) is 7.55. The topological polar surface area (TPSA) is 107 Å². The molecule has 7 heteroatoms. The summed E-state index contributed by atoms with van der Waals surface area (Å²) in [4.78, 5) is 15.6. The van der Waals surface area contributed by atoms with Gasteiger partial charge in [0.1, 0.15) is 18.2 Å². The lowest BCUT2D eigenvalue weighted by molar-refractivity contribution is -0.152. The second-order valence-corrected chi connectivity index (χ2v) is 7.00. The molecule has 2 aromatic carbocycles. The van der Waals surface area contributed by atoms with Crippen LogP contribution in [0, 0.1) is 10.8 Å². The SMILES string of the molecule is CC.CCOC(=N)/N=C(\N)c1ccc(-c2ccc(OCC(C)(C)C(=O)OC)cc2)cc1. The smallest absolute Gasteiger partial charge is 0.314 e. The molecule has 7 nitrogen and oxygen atoms in total. The van der Waals surface area contributed by atoms with Gasteiger partial charge in [0.15, 0.2) is 0 Å². The van der Waals surface area contributed by atoms with Gasteiger partial charge in [-0.3, -0.25) is 4.79 Å². The number of aliphatic imine (C=N–C) groups is 1. The maximum absolute atomic E-state index is 11.7. The van der Waals surface area contributed by atoms with Crippen molar-refractivity contribution in [2.45, 2.75) is 34.6 Å². The Hall–Kier alpha value is -3.35. The van der Waals surface area contributed by atoms with Gasteiger partial charge in [-0.1, -0.05) is 50.2 Å². The Bertz CT molecular complexity index is 873. The first-order chi connectivity index (χ1) is 14.8. The zero-order chi connectivity index (χ0) is 23.4. The molecule has 0 fully saturated rings. The molecule has 0 atom stereocenters. The molecule has 0 aliphatic heterocycles. The summed E-state index contributed by atoms with van der Waals surface area (Å²) >= 11 is 0. The number of carbonyl (C=O) groups is 1. The predicted octanol–water partition coefficient (Wildman–Crippen LogP) is 4.63. The number of nitrogens with zero attached hydrogens (tertiary/aromatic N) is 1. The number of nitrogens with one attached hydrogen (secondary N) is 1. The number of carbonyl (C=O) groups excluding carboxylic acids is 1. The van der Waals surface area contributed by atoms with Crippen LogP contribution < -0.4 is 10.5 Å². The Balaban J connectivity index is 0.00000233. The van der Waals surface area contributed by atoms with Crippen molar-refractivity contribution in [3.8, 4) is 16.9 Å². The summed E-state index contributed by atoms with van der Waals surface area (Å²) in [6.45, 7) is 9.93. The first-order valence-electron chi connectivity index (χ1n) is 10.2. The third-order valence-electron chi connectivity index (χ3n) is 4.21. The van der Waals surface area contributed by atoms with Gasteiger partial charge in [-0.2, -0.15) is 4.99 Å². The fourth-order valence-electron chi connectivity index (χ4n) is 2.52.